The molecule has 0 bridgehead atoms. The summed E-state index contributed by atoms with van der Waals surface area (Å²) in [6.07, 6.45) is -1.72. The Hall–Kier alpha value is -2.86. The van der Waals surface area contributed by atoms with Gasteiger partial charge in [0.25, 0.3) is 0 Å². The van der Waals surface area contributed by atoms with E-state index >= 15 is 0 Å². The molecule has 2 aromatic heterocycles. The van der Waals surface area contributed by atoms with Gasteiger partial charge in [0.2, 0.25) is 0 Å². The number of phosphoric acid groups is 2. The highest BCUT2D eigenvalue weighted by Crippen LogP contribution is 2.58. The number of nitrogens with two attached hydrogens (primary N) is 1. The van der Waals surface area contributed by atoms with E-state index in [1.165, 1.54) is 24.0 Å². The first kappa shape index (κ1) is 28.2. The minimum Gasteiger partial charge on any atom is -0.497 e. The topological polar surface area (TPSA) is 229 Å². The SMILES string of the molecule is COc1ccc(C#Cc2cn(C3OC(COP(=O)(O)OP(=O)(O)O)C(O)C3(C)O)c3ncnc(N)c23)cc1. The van der Waals surface area contributed by atoms with Crippen molar-refractivity contribution in [1.29, 1.82) is 0 Å². The van der Waals surface area contributed by atoms with Gasteiger partial charge in [0.15, 0.2) is 6.23 Å². The van der Waals surface area contributed by atoms with Gasteiger partial charge in [-0.1, -0.05) is 11.8 Å². The monoisotopic (exact) mass is 570 g/mol. The van der Waals surface area contributed by atoms with Crippen molar-refractivity contribution in [2.24, 2.45) is 0 Å². The lowest BCUT2D eigenvalue weighted by atomic mass is 9.96. The molecule has 5 atom stereocenters. The van der Waals surface area contributed by atoms with E-state index in [9.17, 15) is 24.2 Å². The highest BCUT2D eigenvalue weighted by atomic mass is 31.3. The van der Waals surface area contributed by atoms with Crippen LogP contribution in [-0.4, -0.2) is 71.0 Å². The molecule has 5 unspecified atom stereocenters. The quantitative estimate of drug-likeness (QED) is 0.169. The van der Waals surface area contributed by atoms with Crippen LogP contribution in [0.3, 0.4) is 0 Å². The number of aliphatic hydroxyl groups is 2. The molecular weight excluding hydrogens is 546 g/mol. The van der Waals surface area contributed by atoms with Gasteiger partial charge in [-0.25, -0.2) is 19.1 Å². The number of anilines is 1. The van der Waals surface area contributed by atoms with E-state index < -0.39 is 46.3 Å². The normalized spacial score (nSPS) is 25.1. The lowest BCUT2D eigenvalue weighted by Crippen LogP contribution is -2.44. The van der Waals surface area contributed by atoms with E-state index in [1.54, 1.807) is 31.4 Å². The molecular formula is C21H24N4O11P2. The van der Waals surface area contributed by atoms with Crippen LogP contribution < -0.4 is 10.5 Å². The Morgan fingerprint density at radius 2 is 1.87 bits per heavy atom. The number of hydrogen-bond donors (Lipinski definition) is 6. The molecule has 4 rings (SSSR count). The van der Waals surface area contributed by atoms with Crippen LogP contribution in [0.2, 0.25) is 0 Å². The van der Waals surface area contributed by atoms with Crippen LogP contribution in [0.1, 0.15) is 24.3 Å². The fraction of sp³-hybridized carbons (Fsp3) is 0.333. The Morgan fingerprint density at radius 1 is 1.18 bits per heavy atom. The van der Waals surface area contributed by atoms with Gasteiger partial charge in [-0.05, 0) is 31.2 Å². The van der Waals surface area contributed by atoms with Gasteiger partial charge in [-0.3, -0.25) is 4.52 Å². The number of nitrogen functional groups attached to an aromatic ring is 1. The van der Waals surface area contributed by atoms with Crippen molar-refractivity contribution >= 4 is 32.5 Å². The van der Waals surface area contributed by atoms with Gasteiger partial charge in [0.1, 0.15) is 41.4 Å². The summed E-state index contributed by atoms with van der Waals surface area (Å²) in [5.74, 6) is 6.74. The molecule has 0 aliphatic carbocycles. The number of phosphoric ester groups is 1. The number of nitrogens with zero attached hydrogens (tertiary/aromatic N) is 3. The zero-order chi connectivity index (χ0) is 27.9. The highest BCUT2D eigenvalue weighted by molar-refractivity contribution is 7.60. The molecule has 1 fully saturated rings. The molecule has 204 valence electrons. The van der Waals surface area contributed by atoms with E-state index in [0.717, 1.165) is 0 Å². The molecule has 3 aromatic rings. The lowest BCUT2D eigenvalue weighted by Gasteiger charge is -2.27. The second kappa shape index (κ2) is 10.4. The number of methoxy groups -OCH3 is 1. The molecule has 1 saturated heterocycles. The standard InChI is InChI=1S/C21H24N4O11P2/c1-21(27)17(26)15(10-34-38(31,32)36-37(28,29)30)35-20(21)25-9-13(16-18(22)23-11-24-19(16)25)6-3-12-4-7-14(33-2)8-5-12/h4-5,7-9,11,15,17,20,26-27H,10H2,1-2H3,(H,31,32)(H2,22,23,24)(H2,28,29,30). The summed E-state index contributed by atoms with van der Waals surface area (Å²) in [5.41, 5.74) is 5.36. The zero-order valence-electron chi connectivity index (χ0n) is 19.9. The number of hydrogen-bond acceptors (Lipinski definition) is 11. The summed E-state index contributed by atoms with van der Waals surface area (Å²) in [5, 5.41) is 22.1. The van der Waals surface area contributed by atoms with Gasteiger partial charge in [-0.15, -0.1) is 0 Å². The summed E-state index contributed by atoms with van der Waals surface area (Å²) in [6, 6.07) is 7.00. The van der Waals surface area contributed by atoms with Crippen LogP contribution >= 0.6 is 15.6 Å². The molecule has 38 heavy (non-hydrogen) atoms. The average Bonchev–Trinajstić information content (AvgIpc) is 3.30. The Labute approximate surface area is 215 Å². The third-order valence-corrected chi connectivity index (χ3v) is 7.84. The first-order chi connectivity index (χ1) is 17.7. The van der Waals surface area contributed by atoms with Crippen LogP contribution in [0.25, 0.3) is 11.0 Å². The molecule has 0 radical (unpaired) electrons. The summed E-state index contributed by atoms with van der Waals surface area (Å²) in [4.78, 5) is 35.2. The Balaban J connectivity index is 1.66. The second-order valence-corrected chi connectivity index (χ2v) is 11.2. The van der Waals surface area contributed by atoms with Crippen molar-refractivity contribution in [3.8, 4) is 17.6 Å². The molecule has 1 aromatic carbocycles. The maximum Gasteiger partial charge on any atom is 0.481 e. The molecule has 3 heterocycles. The fourth-order valence-electron chi connectivity index (χ4n) is 3.90. The summed E-state index contributed by atoms with van der Waals surface area (Å²) in [6.45, 7) is 0.397. The van der Waals surface area contributed by atoms with Crippen LogP contribution in [0.4, 0.5) is 5.82 Å². The average molecular weight is 570 g/mol. The maximum atomic E-state index is 11.8. The van der Waals surface area contributed by atoms with Gasteiger partial charge in [0.05, 0.1) is 24.7 Å². The number of benzene rings is 1. The van der Waals surface area contributed by atoms with Gasteiger partial charge < -0.3 is 44.7 Å². The summed E-state index contributed by atoms with van der Waals surface area (Å²) >= 11 is 0. The molecule has 1 aliphatic rings. The summed E-state index contributed by atoms with van der Waals surface area (Å²) < 4.78 is 43.2. The number of aromatic nitrogens is 3. The molecule has 15 nitrogen and oxygen atoms in total. The minimum absolute atomic E-state index is 0.0988. The Bertz CT molecular complexity index is 1490. The molecule has 1 aliphatic heterocycles. The molecule has 7 N–H and O–H groups in total. The predicted molar refractivity (Wildman–Crippen MR) is 130 cm³/mol. The molecule has 0 spiro atoms. The Morgan fingerprint density at radius 3 is 2.50 bits per heavy atom. The van der Waals surface area contributed by atoms with E-state index in [0.29, 0.717) is 22.3 Å². The second-order valence-electron chi connectivity index (χ2n) is 8.42. The van der Waals surface area contributed by atoms with Crippen molar-refractivity contribution in [1.82, 2.24) is 14.5 Å². The number of fused-ring (bicyclic) bond motifs is 1. The van der Waals surface area contributed by atoms with Crippen molar-refractivity contribution in [2.75, 3.05) is 19.5 Å². The first-order valence-electron chi connectivity index (χ1n) is 10.8. The van der Waals surface area contributed by atoms with Crippen LogP contribution in [-0.2, 0) is 22.7 Å². The van der Waals surface area contributed by atoms with Crippen LogP contribution in [0, 0.1) is 11.8 Å². The highest BCUT2D eigenvalue weighted by Gasteiger charge is 2.54. The minimum atomic E-state index is -5.35. The zero-order valence-corrected chi connectivity index (χ0v) is 21.7. The predicted octanol–water partition coefficient (Wildman–Crippen LogP) is 0.657. The van der Waals surface area contributed by atoms with Crippen LogP contribution in [0.5, 0.6) is 5.75 Å². The van der Waals surface area contributed by atoms with E-state index in [1.807, 2.05) is 0 Å². The summed E-state index contributed by atoms with van der Waals surface area (Å²) in [7, 11) is -9.02. The molecule has 0 saturated carbocycles. The van der Waals surface area contributed by atoms with Crippen molar-refractivity contribution in [2.45, 2.75) is 31.0 Å². The van der Waals surface area contributed by atoms with Gasteiger partial charge >= 0.3 is 15.6 Å². The molecule has 17 heteroatoms. The van der Waals surface area contributed by atoms with Crippen molar-refractivity contribution in [3.63, 3.8) is 0 Å². The first-order valence-corrected chi connectivity index (χ1v) is 13.8. The van der Waals surface area contributed by atoms with Crippen molar-refractivity contribution < 1.29 is 52.3 Å². The smallest absolute Gasteiger partial charge is 0.481 e. The third kappa shape index (κ3) is 5.90. The fourth-order valence-corrected chi connectivity index (χ4v) is 5.50. The largest absolute Gasteiger partial charge is 0.497 e. The number of rotatable bonds is 7. The van der Waals surface area contributed by atoms with Crippen LogP contribution in [0.15, 0.2) is 36.8 Å². The number of aliphatic hydroxyl groups excluding tert-OH is 1. The molecule has 0 amide bonds. The lowest BCUT2D eigenvalue weighted by molar-refractivity contribution is -0.0947. The third-order valence-electron chi connectivity index (χ3n) is 5.69. The number of ether oxygens (including phenoxy) is 2. The van der Waals surface area contributed by atoms with E-state index in [4.69, 9.17) is 25.0 Å². The van der Waals surface area contributed by atoms with E-state index in [-0.39, 0.29) is 11.5 Å². The Kier molecular flexibility index (Phi) is 7.68. The van der Waals surface area contributed by atoms with Gasteiger partial charge in [-0.2, -0.15) is 4.31 Å². The van der Waals surface area contributed by atoms with E-state index in [2.05, 4.69) is 30.6 Å². The van der Waals surface area contributed by atoms with Gasteiger partial charge in [0, 0.05) is 11.8 Å². The van der Waals surface area contributed by atoms with Crippen molar-refractivity contribution in [3.05, 3.63) is 47.9 Å². The maximum absolute atomic E-state index is 11.8.